The molecule has 2 rings (SSSR count). The maximum absolute atomic E-state index is 14.3. The van der Waals surface area contributed by atoms with Crippen molar-refractivity contribution in [3.63, 3.8) is 0 Å². The molecule has 1 aliphatic carbocycles. The van der Waals surface area contributed by atoms with Crippen LogP contribution in [0, 0.1) is 5.92 Å². The summed E-state index contributed by atoms with van der Waals surface area (Å²) in [5.74, 6) is 0.361. The van der Waals surface area contributed by atoms with Gasteiger partial charge in [0, 0.05) is 6.04 Å². The molecular weight excluding hydrogens is 153 g/mol. The molecule has 0 amide bonds. The van der Waals surface area contributed by atoms with Gasteiger partial charge in [-0.1, -0.05) is 6.42 Å². The lowest BCUT2D eigenvalue weighted by Gasteiger charge is -2.46. The summed E-state index contributed by atoms with van der Waals surface area (Å²) in [6.07, 6.45) is 5.26. The molecule has 2 fully saturated rings. The van der Waals surface area contributed by atoms with Crippen LogP contribution in [0.15, 0.2) is 0 Å². The molecule has 12 heavy (non-hydrogen) atoms. The fourth-order valence-corrected chi connectivity index (χ4v) is 2.51. The Labute approximate surface area is 73.7 Å². The van der Waals surface area contributed by atoms with Crippen LogP contribution in [-0.2, 0) is 0 Å². The number of halogens is 1. The minimum absolute atomic E-state index is 0.0801. The predicted molar refractivity (Wildman–Crippen MR) is 47.9 cm³/mol. The van der Waals surface area contributed by atoms with Crippen LogP contribution in [-0.4, -0.2) is 18.3 Å². The average Bonchev–Trinajstić information content (AvgIpc) is 1.92. The second-order valence-electron chi connectivity index (χ2n) is 4.33. The van der Waals surface area contributed by atoms with E-state index in [0.717, 1.165) is 32.2 Å². The highest BCUT2D eigenvalue weighted by Gasteiger charge is 2.47. The molecule has 0 spiro atoms. The zero-order valence-electron chi connectivity index (χ0n) is 7.78. The predicted octanol–water partition coefficient (Wildman–Crippen LogP) is 2.27. The molecule has 0 bridgehead atoms. The summed E-state index contributed by atoms with van der Waals surface area (Å²) in [4.78, 5) is 0. The molecule has 70 valence electrons. The molecule has 0 aromatic rings. The minimum Gasteiger partial charge on any atom is -0.311 e. The number of hydrogen-bond donors (Lipinski definition) is 1. The first-order valence-corrected chi connectivity index (χ1v) is 5.16. The van der Waals surface area contributed by atoms with E-state index >= 15 is 0 Å². The Morgan fingerprint density at radius 3 is 2.58 bits per heavy atom. The zero-order chi connectivity index (χ0) is 8.60. The number of alkyl halides is 1. The van der Waals surface area contributed by atoms with Gasteiger partial charge < -0.3 is 5.32 Å². The number of rotatable bonds is 1. The van der Waals surface area contributed by atoms with Crippen molar-refractivity contribution in [2.75, 3.05) is 6.54 Å². The van der Waals surface area contributed by atoms with E-state index in [2.05, 4.69) is 5.32 Å². The quantitative estimate of drug-likeness (QED) is 0.638. The Kier molecular flexibility index (Phi) is 2.11. The molecule has 2 atom stereocenters. The summed E-state index contributed by atoms with van der Waals surface area (Å²) in [5, 5.41) is 3.25. The molecular formula is C10H18FN. The van der Waals surface area contributed by atoms with Gasteiger partial charge in [-0.25, -0.2) is 4.39 Å². The maximum Gasteiger partial charge on any atom is 0.128 e. The van der Waals surface area contributed by atoms with E-state index in [4.69, 9.17) is 0 Å². The van der Waals surface area contributed by atoms with Gasteiger partial charge in [-0.15, -0.1) is 0 Å². The highest BCUT2D eigenvalue weighted by atomic mass is 19.1. The molecule has 1 aliphatic heterocycles. The summed E-state index contributed by atoms with van der Waals surface area (Å²) in [6, 6.07) is 0.0801. The fourth-order valence-electron chi connectivity index (χ4n) is 2.51. The van der Waals surface area contributed by atoms with Crippen molar-refractivity contribution in [3.05, 3.63) is 0 Å². The number of nitrogens with one attached hydrogen (secondary N) is 1. The van der Waals surface area contributed by atoms with Gasteiger partial charge in [0.25, 0.3) is 0 Å². The van der Waals surface area contributed by atoms with Gasteiger partial charge in [0.2, 0.25) is 0 Å². The van der Waals surface area contributed by atoms with E-state index in [0.29, 0.717) is 5.92 Å². The molecule has 1 N–H and O–H groups in total. The molecule has 0 aromatic heterocycles. The lowest BCUT2D eigenvalue weighted by Crippen LogP contribution is -2.56. The second-order valence-corrected chi connectivity index (χ2v) is 4.33. The van der Waals surface area contributed by atoms with Gasteiger partial charge in [-0.3, -0.25) is 0 Å². The Balaban J connectivity index is 2.04. The van der Waals surface area contributed by atoms with Crippen LogP contribution < -0.4 is 5.32 Å². The molecule has 1 saturated heterocycles. The van der Waals surface area contributed by atoms with Crippen molar-refractivity contribution in [2.24, 2.45) is 5.92 Å². The smallest absolute Gasteiger partial charge is 0.128 e. The van der Waals surface area contributed by atoms with Crippen LogP contribution in [0.1, 0.15) is 39.0 Å². The van der Waals surface area contributed by atoms with Gasteiger partial charge in [0.05, 0.1) is 0 Å². The average molecular weight is 171 g/mol. The molecule has 2 heteroatoms. The van der Waals surface area contributed by atoms with E-state index < -0.39 is 5.67 Å². The van der Waals surface area contributed by atoms with Crippen LogP contribution in [0.2, 0.25) is 0 Å². The third-order valence-electron chi connectivity index (χ3n) is 3.69. The summed E-state index contributed by atoms with van der Waals surface area (Å²) >= 11 is 0. The Morgan fingerprint density at radius 2 is 2.08 bits per heavy atom. The molecule has 1 heterocycles. The van der Waals surface area contributed by atoms with E-state index in [-0.39, 0.29) is 6.04 Å². The normalized spacial score (nSPS) is 44.0. The second kappa shape index (κ2) is 2.99. The van der Waals surface area contributed by atoms with Crippen molar-refractivity contribution in [3.8, 4) is 0 Å². The largest absolute Gasteiger partial charge is 0.311 e. The lowest BCUT2D eigenvalue weighted by atomic mass is 9.68. The van der Waals surface area contributed by atoms with Crippen molar-refractivity contribution in [2.45, 2.75) is 50.7 Å². The van der Waals surface area contributed by atoms with Crippen LogP contribution in [0.3, 0.4) is 0 Å². The van der Waals surface area contributed by atoms with E-state index in [1.807, 2.05) is 6.92 Å². The maximum atomic E-state index is 14.3. The topological polar surface area (TPSA) is 12.0 Å². The van der Waals surface area contributed by atoms with Crippen molar-refractivity contribution in [1.29, 1.82) is 0 Å². The van der Waals surface area contributed by atoms with Gasteiger partial charge in [-0.05, 0) is 45.1 Å². The zero-order valence-corrected chi connectivity index (χ0v) is 7.78. The molecule has 2 aliphatic rings. The fraction of sp³-hybridized carbons (Fsp3) is 1.00. The standard InChI is InChI=1S/C10H18FN/c1-8-10(11,6-3-7-12-8)9-4-2-5-9/h8-9,12H,2-7H2,1H3. The van der Waals surface area contributed by atoms with E-state index in [1.165, 1.54) is 6.42 Å². The van der Waals surface area contributed by atoms with Crippen LogP contribution in [0.4, 0.5) is 4.39 Å². The van der Waals surface area contributed by atoms with Gasteiger partial charge in [-0.2, -0.15) is 0 Å². The molecule has 0 radical (unpaired) electrons. The molecule has 0 aromatic carbocycles. The lowest BCUT2D eigenvalue weighted by molar-refractivity contribution is -0.0207. The minimum atomic E-state index is -0.878. The van der Waals surface area contributed by atoms with Crippen molar-refractivity contribution < 1.29 is 4.39 Å². The monoisotopic (exact) mass is 171 g/mol. The highest BCUT2D eigenvalue weighted by molar-refractivity contribution is 5.00. The molecule has 1 nitrogen and oxygen atoms in total. The SMILES string of the molecule is CC1NCCCC1(F)C1CCC1. The number of piperidine rings is 1. The van der Waals surface area contributed by atoms with E-state index in [1.54, 1.807) is 0 Å². The van der Waals surface area contributed by atoms with E-state index in [9.17, 15) is 4.39 Å². The van der Waals surface area contributed by atoms with Crippen LogP contribution >= 0.6 is 0 Å². The van der Waals surface area contributed by atoms with Gasteiger partial charge in [0.15, 0.2) is 0 Å². The summed E-state index contributed by atoms with van der Waals surface area (Å²) in [5.41, 5.74) is -0.878. The van der Waals surface area contributed by atoms with Crippen LogP contribution in [0.5, 0.6) is 0 Å². The Bertz CT molecular complexity index is 163. The van der Waals surface area contributed by atoms with Gasteiger partial charge >= 0.3 is 0 Å². The summed E-state index contributed by atoms with van der Waals surface area (Å²) < 4.78 is 14.3. The first-order valence-electron chi connectivity index (χ1n) is 5.16. The first kappa shape index (κ1) is 8.49. The highest BCUT2D eigenvalue weighted by Crippen LogP contribution is 2.44. The van der Waals surface area contributed by atoms with Crippen molar-refractivity contribution >= 4 is 0 Å². The third kappa shape index (κ3) is 1.17. The Hall–Kier alpha value is -0.110. The summed E-state index contributed by atoms with van der Waals surface area (Å²) in [7, 11) is 0. The third-order valence-corrected chi connectivity index (χ3v) is 3.69. The van der Waals surface area contributed by atoms with Crippen molar-refractivity contribution in [1.82, 2.24) is 5.32 Å². The van der Waals surface area contributed by atoms with Gasteiger partial charge in [0.1, 0.15) is 5.67 Å². The molecule has 1 saturated carbocycles. The number of hydrogen-bond acceptors (Lipinski definition) is 1. The Morgan fingerprint density at radius 1 is 1.33 bits per heavy atom. The summed E-state index contributed by atoms with van der Waals surface area (Å²) in [6.45, 7) is 3.00. The molecule has 2 unspecified atom stereocenters. The van der Waals surface area contributed by atoms with Crippen LogP contribution in [0.25, 0.3) is 0 Å². The first-order chi connectivity index (χ1) is 5.73.